The molecule has 102 valence electrons. The van der Waals surface area contributed by atoms with Crippen molar-refractivity contribution in [3.63, 3.8) is 0 Å². The van der Waals surface area contributed by atoms with Gasteiger partial charge in [-0.3, -0.25) is 0 Å². The first-order valence-corrected chi connectivity index (χ1v) is 5.61. The van der Waals surface area contributed by atoms with Crippen molar-refractivity contribution in [2.75, 3.05) is 13.2 Å². The Morgan fingerprint density at radius 1 is 1.22 bits per heavy atom. The minimum atomic E-state index is -4.37. The summed E-state index contributed by atoms with van der Waals surface area (Å²) in [7, 11) is 0. The smallest absolute Gasteiger partial charge is 0.422 e. The van der Waals surface area contributed by atoms with Crippen LogP contribution in [0.25, 0.3) is 0 Å². The molecule has 1 aromatic carbocycles. The molecule has 2 N–H and O–H groups in total. The van der Waals surface area contributed by atoms with E-state index in [0.29, 0.717) is 17.9 Å². The van der Waals surface area contributed by atoms with Crippen molar-refractivity contribution in [1.82, 2.24) is 0 Å². The Morgan fingerprint density at radius 3 is 2.50 bits per heavy atom. The summed E-state index contributed by atoms with van der Waals surface area (Å²) >= 11 is 0. The van der Waals surface area contributed by atoms with Gasteiger partial charge >= 0.3 is 6.18 Å². The van der Waals surface area contributed by atoms with E-state index in [1.807, 2.05) is 6.92 Å². The first-order chi connectivity index (χ1) is 8.46. The number of hydrogen-bond acceptors (Lipinski definition) is 3. The van der Waals surface area contributed by atoms with E-state index in [1.165, 1.54) is 6.07 Å². The molecule has 0 aliphatic carbocycles. The summed E-state index contributed by atoms with van der Waals surface area (Å²) in [6.45, 7) is 1.22. The summed E-state index contributed by atoms with van der Waals surface area (Å²) in [6, 6.07) is 4.71. The van der Waals surface area contributed by atoms with Gasteiger partial charge in [-0.1, -0.05) is 13.0 Å². The molecule has 0 heterocycles. The molecule has 1 rings (SSSR count). The highest BCUT2D eigenvalue weighted by Gasteiger charge is 2.28. The Balaban J connectivity index is 2.78. The van der Waals surface area contributed by atoms with Crippen LogP contribution in [0.1, 0.15) is 18.9 Å². The molecule has 0 atom stereocenters. The van der Waals surface area contributed by atoms with Crippen molar-refractivity contribution in [3.8, 4) is 11.5 Å². The number of nitrogens with two attached hydrogens (primary N) is 1. The van der Waals surface area contributed by atoms with Gasteiger partial charge in [0.05, 0.1) is 6.61 Å². The molecule has 0 radical (unpaired) electrons. The Hall–Kier alpha value is -1.43. The largest absolute Gasteiger partial charge is 0.493 e. The molecule has 0 aliphatic rings. The topological polar surface area (TPSA) is 44.5 Å². The summed E-state index contributed by atoms with van der Waals surface area (Å²) in [6.07, 6.45) is -3.55. The second kappa shape index (κ2) is 6.49. The van der Waals surface area contributed by atoms with Crippen LogP contribution in [0.3, 0.4) is 0 Å². The van der Waals surface area contributed by atoms with Crippen molar-refractivity contribution >= 4 is 0 Å². The predicted octanol–water partition coefficient (Wildman–Crippen LogP) is 2.88. The standard InChI is InChI=1S/C12H16F3NO2/c1-2-5-17-10-4-3-9(7-16)11(6-10)18-8-12(13,14)15/h3-4,6H,2,5,7-8,16H2,1H3. The predicted molar refractivity (Wildman–Crippen MR) is 61.7 cm³/mol. The van der Waals surface area contributed by atoms with Crippen LogP contribution in [0, 0.1) is 0 Å². The van der Waals surface area contributed by atoms with Crippen LogP contribution in [-0.4, -0.2) is 19.4 Å². The van der Waals surface area contributed by atoms with Gasteiger partial charge in [0.2, 0.25) is 0 Å². The van der Waals surface area contributed by atoms with Gasteiger partial charge < -0.3 is 15.2 Å². The summed E-state index contributed by atoms with van der Waals surface area (Å²) in [4.78, 5) is 0. The van der Waals surface area contributed by atoms with E-state index in [2.05, 4.69) is 0 Å². The number of hydrogen-bond donors (Lipinski definition) is 1. The van der Waals surface area contributed by atoms with Crippen molar-refractivity contribution in [1.29, 1.82) is 0 Å². The summed E-state index contributed by atoms with van der Waals surface area (Å²) < 4.78 is 46.3. The lowest BCUT2D eigenvalue weighted by atomic mass is 10.2. The molecule has 0 saturated carbocycles. The average Bonchev–Trinajstić information content (AvgIpc) is 2.33. The second-order valence-electron chi connectivity index (χ2n) is 3.73. The van der Waals surface area contributed by atoms with E-state index in [4.69, 9.17) is 15.2 Å². The molecule has 3 nitrogen and oxygen atoms in total. The first kappa shape index (κ1) is 14.6. The lowest BCUT2D eigenvalue weighted by molar-refractivity contribution is -0.153. The zero-order valence-corrected chi connectivity index (χ0v) is 10.1. The van der Waals surface area contributed by atoms with Gasteiger partial charge in [-0.15, -0.1) is 0 Å². The molecule has 0 unspecified atom stereocenters. The van der Waals surface area contributed by atoms with Gasteiger partial charge in [0.1, 0.15) is 11.5 Å². The van der Waals surface area contributed by atoms with E-state index in [1.54, 1.807) is 12.1 Å². The molecule has 18 heavy (non-hydrogen) atoms. The molecule has 6 heteroatoms. The van der Waals surface area contributed by atoms with Crippen molar-refractivity contribution < 1.29 is 22.6 Å². The minimum Gasteiger partial charge on any atom is -0.493 e. The van der Waals surface area contributed by atoms with Gasteiger partial charge in [0, 0.05) is 18.2 Å². The zero-order valence-electron chi connectivity index (χ0n) is 10.1. The van der Waals surface area contributed by atoms with E-state index in [0.717, 1.165) is 6.42 Å². The molecular weight excluding hydrogens is 247 g/mol. The minimum absolute atomic E-state index is 0.112. The number of halogens is 3. The quantitative estimate of drug-likeness (QED) is 0.858. The summed E-state index contributed by atoms with van der Waals surface area (Å²) in [5.74, 6) is 0.592. The lowest BCUT2D eigenvalue weighted by Gasteiger charge is -2.14. The van der Waals surface area contributed by atoms with Crippen molar-refractivity contribution in [2.24, 2.45) is 5.73 Å². The van der Waals surface area contributed by atoms with Gasteiger partial charge in [0.25, 0.3) is 0 Å². The van der Waals surface area contributed by atoms with Crippen LogP contribution >= 0.6 is 0 Å². The molecule has 0 fully saturated rings. The van der Waals surface area contributed by atoms with Gasteiger partial charge in [0.15, 0.2) is 6.61 Å². The van der Waals surface area contributed by atoms with E-state index in [-0.39, 0.29) is 12.3 Å². The van der Waals surface area contributed by atoms with Gasteiger partial charge in [-0.25, -0.2) is 0 Å². The molecule has 0 spiro atoms. The van der Waals surface area contributed by atoms with E-state index in [9.17, 15) is 13.2 Å². The van der Waals surface area contributed by atoms with Gasteiger partial charge in [-0.05, 0) is 12.5 Å². The Kier molecular flexibility index (Phi) is 5.27. The highest BCUT2D eigenvalue weighted by Crippen LogP contribution is 2.26. The third kappa shape index (κ3) is 4.83. The van der Waals surface area contributed by atoms with Crippen LogP contribution in [0.15, 0.2) is 18.2 Å². The number of alkyl halides is 3. The number of ether oxygens (including phenoxy) is 2. The Morgan fingerprint density at radius 2 is 1.94 bits per heavy atom. The number of rotatable bonds is 6. The van der Waals surface area contributed by atoms with Crippen molar-refractivity contribution in [2.45, 2.75) is 26.1 Å². The number of benzene rings is 1. The van der Waals surface area contributed by atoms with Crippen LogP contribution in [0.2, 0.25) is 0 Å². The van der Waals surface area contributed by atoms with E-state index >= 15 is 0 Å². The zero-order chi connectivity index (χ0) is 13.6. The third-order valence-corrected chi connectivity index (χ3v) is 2.12. The second-order valence-corrected chi connectivity index (χ2v) is 3.73. The van der Waals surface area contributed by atoms with Crippen LogP contribution in [-0.2, 0) is 6.54 Å². The highest BCUT2D eigenvalue weighted by atomic mass is 19.4. The molecule has 0 amide bonds. The fourth-order valence-corrected chi connectivity index (χ4v) is 1.31. The molecule has 0 bridgehead atoms. The molecule has 0 aliphatic heterocycles. The molecule has 1 aromatic rings. The summed E-state index contributed by atoms with van der Waals surface area (Å²) in [5.41, 5.74) is 5.95. The molecule has 0 aromatic heterocycles. The maximum atomic E-state index is 12.1. The fourth-order valence-electron chi connectivity index (χ4n) is 1.31. The Labute approximate surface area is 104 Å². The normalized spacial score (nSPS) is 11.4. The Bertz CT molecular complexity index is 380. The maximum absolute atomic E-state index is 12.1. The summed E-state index contributed by atoms with van der Waals surface area (Å²) in [5, 5.41) is 0. The lowest BCUT2D eigenvalue weighted by Crippen LogP contribution is -2.20. The van der Waals surface area contributed by atoms with Crippen molar-refractivity contribution in [3.05, 3.63) is 23.8 Å². The van der Waals surface area contributed by atoms with Crippen LogP contribution in [0.4, 0.5) is 13.2 Å². The van der Waals surface area contributed by atoms with Crippen LogP contribution < -0.4 is 15.2 Å². The molecule has 0 saturated heterocycles. The highest BCUT2D eigenvalue weighted by molar-refractivity contribution is 5.40. The average molecular weight is 263 g/mol. The molecular formula is C12H16F3NO2. The van der Waals surface area contributed by atoms with E-state index < -0.39 is 12.8 Å². The fraction of sp³-hybridized carbons (Fsp3) is 0.500. The van der Waals surface area contributed by atoms with Crippen LogP contribution in [0.5, 0.6) is 11.5 Å². The monoisotopic (exact) mass is 263 g/mol. The maximum Gasteiger partial charge on any atom is 0.422 e. The first-order valence-electron chi connectivity index (χ1n) is 5.61. The third-order valence-electron chi connectivity index (χ3n) is 2.12. The van der Waals surface area contributed by atoms with Gasteiger partial charge in [-0.2, -0.15) is 13.2 Å². The SMILES string of the molecule is CCCOc1ccc(CN)c(OCC(F)(F)F)c1.